The first-order chi connectivity index (χ1) is 7.22. The zero-order valence-electron chi connectivity index (χ0n) is 8.44. The minimum absolute atomic E-state index is 0.461. The van der Waals surface area contributed by atoms with Gasteiger partial charge in [-0.15, -0.1) is 0 Å². The van der Waals surface area contributed by atoms with Gasteiger partial charge in [-0.05, 0) is 12.1 Å². The summed E-state index contributed by atoms with van der Waals surface area (Å²) in [5, 5.41) is 0. The Hall–Kier alpha value is -1.13. The van der Waals surface area contributed by atoms with Crippen molar-refractivity contribution in [3.63, 3.8) is 0 Å². The molecule has 1 aromatic carbocycles. The second kappa shape index (κ2) is 4.16. The van der Waals surface area contributed by atoms with Gasteiger partial charge in [0.2, 0.25) is 0 Å². The van der Waals surface area contributed by atoms with Crippen molar-refractivity contribution < 1.29 is 0 Å². The molecule has 0 aliphatic carbocycles. The Balaban J connectivity index is 2.57. The smallest absolute Gasteiger partial charge is 0.0952 e. The molecule has 15 heavy (non-hydrogen) atoms. The summed E-state index contributed by atoms with van der Waals surface area (Å²) in [7, 11) is 1.97. The van der Waals surface area contributed by atoms with Gasteiger partial charge in [-0.1, -0.05) is 28.1 Å². The van der Waals surface area contributed by atoms with Gasteiger partial charge in [0.05, 0.1) is 17.7 Å². The summed E-state index contributed by atoms with van der Waals surface area (Å²) >= 11 is 3.46. The molecule has 0 unspecified atom stereocenters. The standard InChI is InChI=1S/C11H12BrN3/c1-15-7-14-10(6-13)11(15)8-3-2-4-9(12)5-8/h2-5,7H,6,13H2,1H3. The predicted octanol–water partition coefficient (Wildman–Crippen LogP) is 2.31. The van der Waals surface area contributed by atoms with Crippen LogP contribution in [0.15, 0.2) is 35.1 Å². The third-order valence-corrected chi connectivity index (χ3v) is 2.80. The molecule has 2 N–H and O–H groups in total. The maximum Gasteiger partial charge on any atom is 0.0952 e. The van der Waals surface area contributed by atoms with Crippen molar-refractivity contribution in [2.45, 2.75) is 6.54 Å². The minimum atomic E-state index is 0.461. The van der Waals surface area contributed by atoms with E-state index in [9.17, 15) is 0 Å². The third-order valence-electron chi connectivity index (χ3n) is 2.30. The van der Waals surface area contributed by atoms with Crippen LogP contribution in [0, 0.1) is 0 Å². The summed E-state index contributed by atoms with van der Waals surface area (Å²) in [6, 6.07) is 8.13. The van der Waals surface area contributed by atoms with Crippen molar-refractivity contribution >= 4 is 15.9 Å². The number of nitrogens with two attached hydrogens (primary N) is 1. The van der Waals surface area contributed by atoms with Gasteiger partial charge in [-0.2, -0.15) is 0 Å². The van der Waals surface area contributed by atoms with Crippen LogP contribution in [0.4, 0.5) is 0 Å². The van der Waals surface area contributed by atoms with Gasteiger partial charge in [-0.25, -0.2) is 4.98 Å². The van der Waals surface area contributed by atoms with Crippen LogP contribution in [0.3, 0.4) is 0 Å². The number of aryl methyl sites for hydroxylation is 1. The highest BCUT2D eigenvalue weighted by Crippen LogP contribution is 2.25. The maximum atomic E-state index is 5.65. The molecule has 0 atom stereocenters. The SMILES string of the molecule is Cn1cnc(CN)c1-c1cccc(Br)c1. The first kappa shape index (κ1) is 10.4. The van der Waals surface area contributed by atoms with E-state index < -0.39 is 0 Å². The van der Waals surface area contributed by atoms with Crippen molar-refractivity contribution in [3.8, 4) is 11.3 Å². The molecule has 0 amide bonds. The zero-order chi connectivity index (χ0) is 10.8. The van der Waals surface area contributed by atoms with E-state index in [1.54, 1.807) is 6.33 Å². The second-order valence-corrected chi connectivity index (χ2v) is 4.28. The quantitative estimate of drug-likeness (QED) is 0.906. The second-order valence-electron chi connectivity index (χ2n) is 3.37. The Bertz CT molecular complexity index is 476. The normalized spacial score (nSPS) is 10.6. The minimum Gasteiger partial charge on any atom is -0.333 e. The Morgan fingerprint density at radius 2 is 2.27 bits per heavy atom. The molecule has 0 fully saturated rings. The molecule has 0 radical (unpaired) electrons. The van der Waals surface area contributed by atoms with Crippen molar-refractivity contribution in [3.05, 3.63) is 40.8 Å². The molecule has 0 aliphatic heterocycles. The van der Waals surface area contributed by atoms with E-state index in [-0.39, 0.29) is 0 Å². The molecule has 0 saturated heterocycles. The van der Waals surface area contributed by atoms with E-state index in [1.807, 2.05) is 23.7 Å². The van der Waals surface area contributed by atoms with Crippen molar-refractivity contribution in [2.75, 3.05) is 0 Å². The summed E-state index contributed by atoms with van der Waals surface area (Å²) in [5.41, 5.74) is 8.79. The summed E-state index contributed by atoms with van der Waals surface area (Å²) in [6.07, 6.45) is 1.79. The maximum absolute atomic E-state index is 5.65. The summed E-state index contributed by atoms with van der Waals surface area (Å²) in [6.45, 7) is 0.461. The number of nitrogens with zero attached hydrogens (tertiary/aromatic N) is 2. The molecule has 0 aliphatic rings. The van der Waals surface area contributed by atoms with Crippen LogP contribution in [0.25, 0.3) is 11.3 Å². The van der Waals surface area contributed by atoms with Crippen LogP contribution in [0.1, 0.15) is 5.69 Å². The van der Waals surface area contributed by atoms with Gasteiger partial charge in [0.1, 0.15) is 0 Å². The number of rotatable bonds is 2. The lowest BCUT2D eigenvalue weighted by Gasteiger charge is -2.05. The fraction of sp³-hybridized carbons (Fsp3) is 0.182. The zero-order valence-corrected chi connectivity index (χ0v) is 10.0. The van der Waals surface area contributed by atoms with Gasteiger partial charge < -0.3 is 10.3 Å². The summed E-state index contributed by atoms with van der Waals surface area (Å²) < 4.78 is 3.05. The molecule has 4 heteroatoms. The van der Waals surface area contributed by atoms with Crippen LogP contribution < -0.4 is 5.73 Å². The molecule has 1 aromatic heterocycles. The Morgan fingerprint density at radius 3 is 2.93 bits per heavy atom. The van der Waals surface area contributed by atoms with Gasteiger partial charge in [0, 0.05) is 23.6 Å². The Morgan fingerprint density at radius 1 is 1.47 bits per heavy atom. The number of benzene rings is 1. The molecule has 0 spiro atoms. The van der Waals surface area contributed by atoms with Crippen LogP contribution in [-0.2, 0) is 13.6 Å². The average molecular weight is 266 g/mol. The number of hydrogen-bond acceptors (Lipinski definition) is 2. The number of aromatic nitrogens is 2. The van der Waals surface area contributed by atoms with Crippen molar-refractivity contribution in [1.82, 2.24) is 9.55 Å². The monoisotopic (exact) mass is 265 g/mol. The van der Waals surface area contributed by atoms with E-state index in [1.165, 1.54) is 0 Å². The topological polar surface area (TPSA) is 43.8 Å². The molecule has 1 heterocycles. The highest BCUT2D eigenvalue weighted by atomic mass is 79.9. The van der Waals surface area contributed by atoms with Crippen LogP contribution in [0.2, 0.25) is 0 Å². The van der Waals surface area contributed by atoms with Crippen molar-refractivity contribution in [1.29, 1.82) is 0 Å². The first-order valence-electron chi connectivity index (χ1n) is 4.68. The van der Waals surface area contributed by atoms with E-state index in [4.69, 9.17) is 5.73 Å². The first-order valence-corrected chi connectivity index (χ1v) is 5.48. The van der Waals surface area contributed by atoms with Crippen LogP contribution >= 0.6 is 15.9 Å². The van der Waals surface area contributed by atoms with Gasteiger partial charge in [0.25, 0.3) is 0 Å². The number of halogens is 1. The lowest BCUT2D eigenvalue weighted by atomic mass is 10.1. The summed E-state index contributed by atoms with van der Waals surface area (Å²) in [4.78, 5) is 4.26. The lowest BCUT2D eigenvalue weighted by molar-refractivity contribution is 0.920. The van der Waals surface area contributed by atoms with Crippen molar-refractivity contribution in [2.24, 2.45) is 12.8 Å². The average Bonchev–Trinajstić information content (AvgIpc) is 2.59. The molecular weight excluding hydrogens is 254 g/mol. The van der Waals surface area contributed by atoms with Crippen LogP contribution in [0.5, 0.6) is 0 Å². The predicted molar refractivity (Wildman–Crippen MR) is 64.2 cm³/mol. The fourth-order valence-corrected chi connectivity index (χ4v) is 2.03. The molecule has 2 aromatic rings. The lowest BCUT2D eigenvalue weighted by Crippen LogP contribution is -2.00. The Labute approximate surface area is 97.1 Å². The van der Waals surface area contributed by atoms with Gasteiger partial charge >= 0.3 is 0 Å². The largest absolute Gasteiger partial charge is 0.333 e. The molecule has 78 valence electrons. The Kier molecular flexibility index (Phi) is 2.88. The third kappa shape index (κ3) is 1.96. The van der Waals surface area contributed by atoms with Crippen LogP contribution in [-0.4, -0.2) is 9.55 Å². The van der Waals surface area contributed by atoms with Gasteiger partial charge in [0.15, 0.2) is 0 Å². The van der Waals surface area contributed by atoms with E-state index >= 15 is 0 Å². The van der Waals surface area contributed by atoms with E-state index in [0.29, 0.717) is 6.54 Å². The van der Waals surface area contributed by atoms with E-state index in [0.717, 1.165) is 21.4 Å². The molecule has 3 nitrogen and oxygen atoms in total. The molecule has 0 saturated carbocycles. The number of hydrogen-bond donors (Lipinski definition) is 1. The molecule has 0 bridgehead atoms. The highest BCUT2D eigenvalue weighted by Gasteiger charge is 2.09. The number of imidazole rings is 1. The van der Waals surface area contributed by atoms with Gasteiger partial charge in [-0.3, -0.25) is 0 Å². The summed E-state index contributed by atoms with van der Waals surface area (Å²) in [5.74, 6) is 0. The highest BCUT2D eigenvalue weighted by molar-refractivity contribution is 9.10. The molecular formula is C11H12BrN3. The molecule has 2 rings (SSSR count). The fourth-order valence-electron chi connectivity index (χ4n) is 1.63. The van der Waals surface area contributed by atoms with E-state index in [2.05, 4.69) is 33.0 Å².